The maximum absolute atomic E-state index is 12.5. The van der Waals surface area contributed by atoms with E-state index in [1.807, 2.05) is 16.8 Å². The number of rotatable bonds is 6. The van der Waals surface area contributed by atoms with Crippen molar-refractivity contribution in [2.24, 2.45) is 0 Å². The molecular formula is C18H23N3O3. The van der Waals surface area contributed by atoms with Gasteiger partial charge in [-0.3, -0.25) is 9.48 Å². The maximum Gasteiger partial charge on any atom is 0.251 e. The lowest BCUT2D eigenvalue weighted by atomic mass is 9.93. The molecule has 1 amide bonds. The van der Waals surface area contributed by atoms with Gasteiger partial charge < -0.3 is 14.8 Å². The molecule has 1 heterocycles. The Morgan fingerprint density at radius 3 is 3.08 bits per heavy atom. The Balaban J connectivity index is 1.74. The van der Waals surface area contributed by atoms with Crippen LogP contribution in [0.4, 0.5) is 0 Å². The zero-order valence-electron chi connectivity index (χ0n) is 14.1. The molecule has 0 fully saturated rings. The Bertz CT molecular complexity index is 711. The Hall–Kier alpha value is -2.34. The fraction of sp³-hybridized carbons (Fsp3) is 0.444. The summed E-state index contributed by atoms with van der Waals surface area (Å²) >= 11 is 0. The van der Waals surface area contributed by atoms with Crippen molar-refractivity contribution < 1.29 is 14.3 Å². The fourth-order valence-corrected chi connectivity index (χ4v) is 3.04. The topological polar surface area (TPSA) is 65.4 Å². The SMILES string of the molecule is COCCn1cc2c(n1)[C@H](NC(=O)c1cccc(OC)c1)CCC2. The molecule has 6 heteroatoms. The lowest BCUT2D eigenvalue weighted by Crippen LogP contribution is -2.31. The number of ether oxygens (including phenoxy) is 2. The first-order valence-corrected chi connectivity index (χ1v) is 8.21. The summed E-state index contributed by atoms with van der Waals surface area (Å²) in [5, 5.41) is 7.76. The van der Waals surface area contributed by atoms with Crippen molar-refractivity contribution in [3.63, 3.8) is 0 Å². The third-order valence-corrected chi connectivity index (χ3v) is 4.30. The highest BCUT2D eigenvalue weighted by atomic mass is 16.5. The highest BCUT2D eigenvalue weighted by Gasteiger charge is 2.25. The zero-order chi connectivity index (χ0) is 16.9. The van der Waals surface area contributed by atoms with E-state index >= 15 is 0 Å². The van der Waals surface area contributed by atoms with Crippen molar-refractivity contribution in [2.45, 2.75) is 31.8 Å². The molecule has 1 atom stereocenters. The van der Waals surface area contributed by atoms with E-state index in [-0.39, 0.29) is 11.9 Å². The minimum absolute atomic E-state index is 0.0451. The smallest absolute Gasteiger partial charge is 0.251 e. The van der Waals surface area contributed by atoms with Crippen molar-refractivity contribution in [3.05, 3.63) is 47.3 Å². The van der Waals surface area contributed by atoms with Crippen molar-refractivity contribution in [1.82, 2.24) is 15.1 Å². The number of methoxy groups -OCH3 is 2. The Kier molecular flexibility index (Phi) is 5.15. The number of hydrogen-bond donors (Lipinski definition) is 1. The number of nitrogens with zero attached hydrogens (tertiary/aromatic N) is 2. The van der Waals surface area contributed by atoms with Crippen LogP contribution in [0.25, 0.3) is 0 Å². The molecule has 1 aliphatic carbocycles. The Morgan fingerprint density at radius 1 is 1.42 bits per heavy atom. The van der Waals surface area contributed by atoms with E-state index in [0.29, 0.717) is 17.9 Å². The molecule has 0 bridgehead atoms. The summed E-state index contributed by atoms with van der Waals surface area (Å²) in [6, 6.07) is 7.14. The molecule has 1 N–H and O–H groups in total. The quantitative estimate of drug-likeness (QED) is 0.883. The zero-order valence-corrected chi connectivity index (χ0v) is 14.1. The average Bonchev–Trinajstić information content (AvgIpc) is 3.04. The molecule has 0 saturated heterocycles. The van der Waals surface area contributed by atoms with Crippen LogP contribution >= 0.6 is 0 Å². The van der Waals surface area contributed by atoms with Gasteiger partial charge in [0.25, 0.3) is 5.91 Å². The summed E-state index contributed by atoms with van der Waals surface area (Å²) in [6.07, 6.45) is 5.03. The molecule has 0 aliphatic heterocycles. The average molecular weight is 329 g/mol. The minimum atomic E-state index is -0.0989. The molecule has 6 nitrogen and oxygen atoms in total. The van der Waals surface area contributed by atoms with Crippen LogP contribution in [0.2, 0.25) is 0 Å². The number of carbonyl (C=O) groups is 1. The standard InChI is InChI=1S/C18H23N3O3/c1-23-10-9-21-12-14-6-4-8-16(17(14)20-21)19-18(22)13-5-3-7-15(11-13)24-2/h3,5,7,11-12,16H,4,6,8-10H2,1-2H3,(H,19,22)/t16-/m1/s1. The third-order valence-electron chi connectivity index (χ3n) is 4.30. The molecule has 0 spiro atoms. The number of aromatic nitrogens is 2. The van der Waals surface area contributed by atoms with Crippen molar-refractivity contribution in [2.75, 3.05) is 20.8 Å². The first-order chi connectivity index (χ1) is 11.7. The van der Waals surface area contributed by atoms with Gasteiger partial charge in [-0.1, -0.05) is 6.07 Å². The molecule has 0 radical (unpaired) electrons. The summed E-state index contributed by atoms with van der Waals surface area (Å²) in [4.78, 5) is 12.5. The largest absolute Gasteiger partial charge is 0.497 e. The van der Waals surface area contributed by atoms with E-state index in [2.05, 4.69) is 16.6 Å². The number of benzene rings is 1. The molecule has 24 heavy (non-hydrogen) atoms. The van der Waals surface area contributed by atoms with E-state index in [9.17, 15) is 4.79 Å². The van der Waals surface area contributed by atoms with E-state index in [1.165, 1.54) is 5.56 Å². The third kappa shape index (κ3) is 3.59. The first kappa shape index (κ1) is 16.5. The van der Waals surface area contributed by atoms with Gasteiger partial charge in [0.2, 0.25) is 0 Å². The van der Waals surface area contributed by atoms with E-state index in [1.54, 1.807) is 26.4 Å². The molecule has 2 aromatic rings. The van der Waals surface area contributed by atoms with Gasteiger partial charge in [-0.25, -0.2) is 0 Å². The number of aryl methyl sites for hydroxylation is 1. The van der Waals surface area contributed by atoms with Gasteiger partial charge in [0.1, 0.15) is 5.75 Å². The predicted molar refractivity (Wildman–Crippen MR) is 90.2 cm³/mol. The first-order valence-electron chi connectivity index (χ1n) is 8.21. The second kappa shape index (κ2) is 7.49. The number of fused-ring (bicyclic) bond motifs is 1. The fourth-order valence-electron chi connectivity index (χ4n) is 3.04. The van der Waals surface area contributed by atoms with E-state index in [0.717, 1.165) is 31.5 Å². The lowest BCUT2D eigenvalue weighted by Gasteiger charge is -2.22. The van der Waals surface area contributed by atoms with Gasteiger partial charge in [-0.15, -0.1) is 0 Å². The molecule has 1 aromatic carbocycles. The summed E-state index contributed by atoms with van der Waals surface area (Å²) in [5.74, 6) is 0.578. The molecular weight excluding hydrogens is 306 g/mol. The second-order valence-electron chi connectivity index (χ2n) is 5.95. The van der Waals surface area contributed by atoms with Gasteiger partial charge in [0.15, 0.2) is 0 Å². The molecule has 1 aromatic heterocycles. The maximum atomic E-state index is 12.5. The molecule has 128 valence electrons. The van der Waals surface area contributed by atoms with Gasteiger partial charge in [-0.2, -0.15) is 5.10 Å². The van der Waals surface area contributed by atoms with Crippen LogP contribution in [-0.2, 0) is 17.7 Å². The van der Waals surface area contributed by atoms with Crippen LogP contribution in [-0.4, -0.2) is 36.5 Å². The van der Waals surface area contributed by atoms with Gasteiger partial charge in [0, 0.05) is 18.9 Å². The number of carbonyl (C=O) groups excluding carboxylic acids is 1. The molecule has 1 aliphatic rings. The lowest BCUT2D eigenvalue weighted by molar-refractivity contribution is 0.0931. The van der Waals surface area contributed by atoms with Gasteiger partial charge in [-0.05, 0) is 43.0 Å². The van der Waals surface area contributed by atoms with Crippen molar-refractivity contribution >= 4 is 5.91 Å². The van der Waals surface area contributed by atoms with E-state index < -0.39 is 0 Å². The van der Waals surface area contributed by atoms with Crippen molar-refractivity contribution in [3.8, 4) is 5.75 Å². The van der Waals surface area contributed by atoms with Crippen LogP contribution in [0.15, 0.2) is 30.5 Å². The number of hydrogen-bond acceptors (Lipinski definition) is 4. The Labute approximate surface area is 141 Å². The summed E-state index contributed by atoms with van der Waals surface area (Å²) in [6.45, 7) is 1.35. The molecule has 3 rings (SSSR count). The predicted octanol–water partition coefficient (Wildman–Crippen LogP) is 2.35. The van der Waals surface area contributed by atoms with Crippen LogP contribution in [0.3, 0.4) is 0 Å². The van der Waals surface area contributed by atoms with Crippen molar-refractivity contribution in [1.29, 1.82) is 0 Å². The summed E-state index contributed by atoms with van der Waals surface area (Å²) in [7, 11) is 3.28. The van der Waals surface area contributed by atoms with Crippen LogP contribution in [0.5, 0.6) is 5.75 Å². The molecule has 0 saturated carbocycles. The van der Waals surface area contributed by atoms with Crippen LogP contribution < -0.4 is 10.1 Å². The second-order valence-corrected chi connectivity index (χ2v) is 5.95. The number of nitrogens with one attached hydrogen (secondary N) is 1. The van der Waals surface area contributed by atoms with Crippen LogP contribution in [0.1, 0.15) is 40.5 Å². The van der Waals surface area contributed by atoms with Crippen LogP contribution in [0, 0.1) is 0 Å². The minimum Gasteiger partial charge on any atom is -0.497 e. The molecule has 0 unspecified atom stereocenters. The summed E-state index contributed by atoms with van der Waals surface area (Å²) in [5.41, 5.74) is 2.79. The Morgan fingerprint density at radius 2 is 2.29 bits per heavy atom. The van der Waals surface area contributed by atoms with E-state index in [4.69, 9.17) is 9.47 Å². The highest BCUT2D eigenvalue weighted by molar-refractivity contribution is 5.94. The normalized spacial score (nSPS) is 16.5. The van der Waals surface area contributed by atoms with Gasteiger partial charge in [0.05, 0.1) is 32.0 Å². The monoisotopic (exact) mass is 329 g/mol. The summed E-state index contributed by atoms with van der Waals surface area (Å²) < 4.78 is 12.2. The number of amides is 1. The highest BCUT2D eigenvalue weighted by Crippen LogP contribution is 2.29. The van der Waals surface area contributed by atoms with Gasteiger partial charge >= 0.3 is 0 Å².